The lowest BCUT2D eigenvalue weighted by Gasteiger charge is -2.35. The van der Waals surface area contributed by atoms with Crippen LogP contribution >= 0.6 is 0 Å². The summed E-state index contributed by atoms with van der Waals surface area (Å²) in [4.78, 5) is 12.7. The molecular weight excluding hydrogens is 408 g/mol. The van der Waals surface area contributed by atoms with Crippen molar-refractivity contribution in [2.75, 3.05) is 18.5 Å². The number of hydrogen-bond donors (Lipinski definition) is 3. The largest absolute Gasteiger partial charge is 0.379 e. The number of carbonyl (C=O) groups is 1. The van der Waals surface area contributed by atoms with Gasteiger partial charge in [0.15, 0.2) is 10.6 Å². The van der Waals surface area contributed by atoms with Crippen molar-refractivity contribution in [3.63, 3.8) is 0 Å². The van der Waals surface area contributed by atoms with Crippen LogP contribution in [0.1, 0.15) is 40.8 Å². The molecule has 5 rings (SSSR count). The maximum Gasteiger partial charge on any atom is 0.333 e. The molecule has 1 saturated heterocycles. The lowest BCUT2D eigenvalue weighted by atomic mass is 9.98. The molecule has 160 valence electrons. The standard InChI is InChI=1S/C20H24N4O5S/c1-24-16(20(26)10-29-11-20)9-17(22-24)30(27,28)23-19(25)21-18-14-6-2-4-12(14)8-13-5-3-7-15(13)18/h8-9,26H,2-7,10-11H2,1H3,(H2,21,23,25). The zero-order valence-electron chi connectivity index (χ0n) is 16.7. The lowest BCUT2D eigenvalue weighted by Crippen LogP contribution is -2.47. The maximum absolute atomic E-state index is 12.7. The number of aliphatic hydroxyl groups is 1. The van der Waals surface area contributed by atoms with Crippen molar-refractivity contribution in [1.82, 2.24) is 14.5 Å². The van der Waals surface area contributed by atoms with Crippen molar-refractivity contribution in [2.45, 2.75) is 49.2 Å². The number of hydrogen-bond acceptors (Lipinski definition) is 6. The summed E-state index contributed by atoms with van der Waals surface area (Å²) in [7, 11) is -2.66. The Hall–Kier alpha value is -2.43. The van der Waals surface area contributed by atoms with E-state index >= 15 is 0 Å². The third-order valence-corrected chi connectivity index (χ3v) is 7.43. The van der Waals surface area contributed by atoms with Crippen LogP contribution in [0.15, 0.2) is 17.2 Å². The molecule has 2 amide bonds. The van der Waals surface area contributed by atoms with Gasteiger partial charge >= 0.3 is 6.03 Å². The second-order valence-corrected chi connectivity index (χ2v) is 9.94. The highest BCUT2D eigenvalue weighted by molar-refractivity contribution is 7.90. The molecule has 0 saturated carbocycles. The highest BCUT2D eigenvalue weighted by atomic mass is 32.2. The Kier molecular flexibility index (Phi) is 4.42. The fourth-order valence-corrected chi connectivity index (χ4v) is 5.63. The van der Waals surface area contributed by atoms with Crippen molar-refractivity contribution in [3.05, 3.63) is 40.1 Å². The van der Waals surface area contributed by atoms with Gasteiger partial charge in [0.05, 0.1) is 18.9 Å². The average Bonchev–Trinajstić information content (AvgIpc) is 3.38. The highest BCUT2D eigenvalue weighted by Gasteiger charge is 2.42. The summed E-state index contributed by atoms with van der Waals surface area (Å²) in [5.74, 6) is 0. The number of amides is 2. The number of ether oxygens (including phenoxy) is 1. The molecule has 1 aromatic heterocycles. The van der Waals surface area contributed by atoms with E-state index < -0.39 is 21.7 Å². The van der Waals surface area contributed by atoms with Gasteiger partial charge in [-0.2, -0.15) is 13.5 Å². The molecule has 3 N–H and O–H groups in total. The van der Waals surface area contributed by atoms with Crippen molar-refractivity contribution < 1.29 is 23.1 Å². The maximum atomic E-state index is 12.7. The fraction of sp³-hybridized carbons (Fsp3) is 0.500. The molecule has 2 aliphatic carbocycles. The third-order valence-electron chi connectivity index (χ3n) is 6.23. The first-order valence-electron chi connectivity index (χ1n) is 10.1. The van der Waals surface area contributed by atoms with E-state index in [1.807, 2.05) is 0 Å². The molecule has 0 spiro atoms. The second kappa shape index (κ2) is 6.79. The summed E-state index contributed by atoms with van der Waals surface area (Å²) in [6.07, 6.45) is 5.82. The minimum Gasteiger partial charge on any atom is -0.379 e. The third kappa shape index (κ3) is 3.10. The van der Waals surface area contributed by atoms with Gasteiger partial charge in [0, 0.05) is 18.8 Å². The molecule has 3 aliphatic rings. The van der Waals surface area contributed by atoms with E-state index in [1.165, 1.54) is 21.9 Å². The van der Waals surface area contributed by atoms with Gasteiger partial charge < -0.3 is 15.2 Å². The number of benzene rings is 1. The fourth-order valence-electron chi connectivity index (χ4n) is 4.73. The van der Waals surface area contributed by atoms with Crippen LogP contribution in [0.5, 0.6) is 0 Å². The number of urea groups is 1. The van der Waals surface area contributed by atoms with E-state index in [1.54, 1.807) is 7.05 Å². The molecule has 0 radical (unpaired) electrons. The lowest BCUT2D eigenvalue weighted by molar-refractivity contribution is -0.188. The topological polar surface area (TPSA) is 123 Å². The molecule has 10 heteroatoms. The van der Waals surface area contributed by atoms with Crippen molar-refractivity contribution >= 4 is 21.7 Å². The first-order valence-corrected chi connectivity index (χ1v) is 11.6. The molecule has 1 aromatic carbocycles. The minimum absolute atomic E-state index is 0.0736. The SMILES string of the molecule is Cn1nc(S(=O)(=O)NC(=O)Nc2c3c(cc4c2CCC4)CCC3)cc1C1(O)COC1. The number of sulfonamides is 1. The highest BCUT2D eigenvalue weighted by Crippen LogP contribution is 2.38. The molecule has 0 atom stereocenters. The van der Waals surface area contributed by atoms with Crippen LogP contribution in [0.3, 0.4) is 0 Å². The molecule has 9 nitrogen and oxygen atoms in total. The zero-order chi connectivity index (χ0) is 21.1. The molecule has 0 unspecified atom stereocenters. The summed E-state index contributed by atoms with van der Waals surface area (Å²) < 4.78 is 33.9. The normalized spacial score (nSPS) is 19.1. The van der Waals surface area contributed by atoms with Crippen LogP contribution in [0.4, 0.5) is 10.5 Å². The number of carbonyl (C=O) groups excluding carboxylic acids is 1. The van der Waals surface area contributed by atoms with Crippen LogP contribution in [0, 0.1) is 0 Å². The number of nitrogens with zero attached hydrogens (tertiary/aromatic N) is 2. The van der Waals surface area contributed by atoms with E-state index in [4.69, 9.17) is 4.74 Å². The Labute approximate surface area is 174 Å². The predicted octanol–water partition coefficient (Wildman–Crippen LogP) is 1.13. The predicted molar refractivity (Wildman–Crippen MR) is 108 cm³/mol. The monoisotopic (exact) mass is 432 g/mol. The van der Waals surface area contributed by atoms with E-state index in [0.717, 1.165) is 55.3 Å². The van der Waals surface area contributed by atoms with Gasteiger partial charge in [-0.25, -0.2) is 9.52 Å². The van der Waals surface area contributed by atoms with Gasteiger partial charge in [-0.3, -0.25) is 4.68 Å². The Balaban J connectivity index is 1.38. The van der Waals surface area contributed by atoms with Crippen LogP contribution in [0.25, 0.3) is 0 Å². The second-order valence-electron chi connectivity index (χ2n) is 8.31. The first-order chi connectivity index (χ1) is 14.3. The number of nitrogens with one attached hydrogen (secondary N) is 2. The van der Waals surface area contributed by atoms with Crippen molar-refractivity contribution in [2.24, 2.45) is 7.05 Å². The van der Waals surface area contributed by atoms with E-state index in [9.17, 15) is 18.3 Å². The van der Waals surface area contributed by atoms with E-state index in [0.29, 0.717) is 5.69 Å². The van der Waals surface area contributed by atoms with Crippen LogP contribution in [-0.2, 0) is 53.1 Å². The smallest absolute Gasteiger partial charge is 0.333 e. The zero-order valence-corrected chi connectivity index (χ0v) is 17.5. The van der Waals surface area contributed by atoms with Gasteiger partial charge in [0.25, 0.3) is 10.0 Å². The summed E-state index contributed by atoms with van der Waals surface area (Å²) in [6.45, 7) is 0.147. The first kappa shape index (κ1) is 19.5. The number of rotatable bonds is 4. The molecule has 0 bridgehead atoms. The Morgan fingerprint density at radius 1 is 1.13 bits per heavy atom. The molecule has 30 heavy (non-hydrogen) atoms. The number of aromatic nitrogens is 2. The number of aryl methyl sites for hydroxylation is 3. The Morgan fingerprint density at radius 2 is 1.77 bits per heavy atom. The van der Waals surface area contributed by atoms with Crippen LogP contribution < -0.4 is 10.0 Å². The minimum atomic E-state index is -4.20. The summed E-state index contributed by atoms with van der Waals surface area (Å²) in [5, 5.41) is 16.9. The molecule has 2 heterocycles. The summed E-state index contributed by atoms with van der Waals surface area (Å²) in [6, 6.07) is 2.72. The van der Waals surface area contributed by atoms with Gasteiger partial charge in [-0.15, -0.1) is 0 Å². The Bertz CT molecular complexity index is 1120. The van der Waals surface area contributed by atoms with Crippen molar-refractivity contribution in [3.8, 4) is 0 Å². The molecule has 1 aliphatic heterocycles. The van der Waals surface area contributed by atoms with Crippen LogP contribution in [-0.4, -0.2) is 42.5 Å². The van der Waals surface area contributed by atoms with E-state index in [2.05, 4.69) is 21.2 Å². The van der Waals surface area contributed by atoms with Gasteiger partial charge in [0.2, 0.25) is 0 Å². The van der Waals surface area contributed by atoms with Gasteiger partial charge in [-0.1, -0.05) is 6.07 Å². The molecular formula is C20H24N4O5S. The van der Waals surface area contributed by atoms with Crippen molar-refractivity contribution in [1.29, 1.82) is 0 Å². The Morgan fingerprint density at radius 3 is 2.33 bits per heavy atom. The average molecular weight is 433 g/mol. The summed E-state index contributed by atoms with van der Waals surface area (Å²) in [5.41, 5.74) is 4.58. The quantitative estimate of drug-likeness (QED) is 0.666. The van der Waals surface area contributed by atoms with Gasteiger partial charge in [0.1, 0.15) is 0 Å². The summed E-state index contributed by atoms with van der Waals surface area (Å²) >= 11 is 0. The number of anilines is 1. The van der Waals surface area contributed by atoms with Gasteiger partial charge in [-0.05, 0) is 60.8 Å². The van der Waals surface area contributed by atoms with E-state index in [-0.39, 0.29) is 18.2 Å². The molecule has 1 fully saturated rings. The molecule has 2 aromatic rings. The number of fused-ring (bicyclic) bond motifs is 2. The van der Waals surface area contributed by atoms with Crippen LogP contribution in [0.2, 0.25) is 0 Å².